The Morgan fingerprint density at radius 3 is 2.85 bits per heavy atom. The second kappa shape index (κ2) is 5.32. The fourth-order valence-electron chi connectivity index (χ4n) is 2.22. The minimum Gasteiger partial charge on any atom is -0.322 e. The molecule has 0 amide bonds. The van der Waals surface area contributed by atoms with Crippen LogP contribution in [0.4, 0.5) is 0 Å². The maximum atomic E-state index is 8.95. The third-order valence-corrected chi connectivity index (χ3v) is 3.48. The Labute approximate surface area is 121 Å². The van der Waals surface area contributed by atoms with E-state index < -0.39 is 0 Å². The highest BCUT2D eigenvalue weighted by Crippen LogP contribution is 2.20. The molecule has 0 aliphatic carbocycles. The van der Waals surface area contributed by atoms with Crippen LogP contribution in [-0.2, 0) is 13.0 Å². The van der Waals surface area contributed by atoms with E-state index in [0.29, 0.717) is 11.7 Å². The quantitative estimate of drug-likeness (QED) is 0.693. The van der Waals surface area contributed by atoms with Gasteiger partial charge >= 0.3 is 0 Å². The van der Waals surface area contributed by atoms with Crippen molar-refractivity contribution in [3.8, 4) is 6.07 Å². The molecule has 0 N–H and O–H groups in total. The van der Waals surface area contributed by atoms with Crippen molar-refractivity contribution < 1.29 is 0 Å². The predicted octanol–water partition coefficient (Wildman–Crippen LogP) is 3.20. The molecule has 0 unspecified atom stereocenters. The SMILES string of the molecule is N#CCc1nc2ccccc2n1Cc1cccnc1Cl. The monoisotopic (exact) mass is 282 g/mol. The fraction of sp³-hybridized carbons (Fsp3) is 0.133. The first-order chi connectivity index (χ1) is 9.79. The van der Waals surface area contributed by atoms with Gasteiger partial charge in [-0.25, -0.2) is 9.97 Å². The maximum absolute atomic E-state index is 8.95. The molecule has 0 saturated carbocycles. The van der Waals surface area contributed by atoms with E-state index in [2.05, 4.69) is 16.0 Å². The zero-order valence-electron chi connectivity index (χ0n) is 10.6. The molecule has 98 valence electrons. The molecule has 0 radical (unpaired) electrons. The lowest BCUT2D eigenvalue weighted by atomic mass is 10.2. The molecular weight excluding hydrogens is 272 g/mol. The third kappa shape index (κ3) is 2.24. The van der Waals surface area contributed by atoms with Gasteiger partial charge in [-0.2, -0.15) is 5.26 Å². The van der Waals surface area contributed by atoms with Crippen molar-refractivity contribution in [2.24, 2.45) is 0 Å². The van der Waals surface area contributed by atoms with Gasteiger partial charge < -0.3 is 4.57 Å². The van der Waals surface area contributed by atoms with Crippen LogP contribution in [0.15, 0.2) is 42.6 Å². The molecular formula is C15H11ClN4. The maximum Gasteiger partial charge on any atom is 0.133 e. The summed E-state index contributed by atoms with van der Waals surface area (Å²) in [6, 6.07) is 13.8. The Balaban J connectivity index is 2.12. The van der Waals surface area contributed by atoms with Gasteiger partial charge in [-0.05, 0) is 18.2 Å². The highest BCUT2D eigenvalue weighted by atomic mass is 35.5. The average Bonchev–Trinajstić information content (AvgIpc) is 2.80. The largest absolute Gasteiger partial charge is 0.322 e. The van der Waals surface area contributed by atoms with E-state index in [4.69, 9.17) is 16.9 Å². The van der Waals surface area contributed by atoms with Crippen LogP contribution in [0.2, 0.25) is 5.15 Å². The van der Waals surface area contributed by atoms with Crippen LogP contribution in [-0.4, -0.2) is 14.5 Å². The topological polar surface area (TPSA) is 54.5 Å². The van der Waals surface area contributed by atoms with E-state index in [0.717, 1.165) is 22.4 Å². The van der Waals surface area contributed by atoms with E-state index in [9.17, 15) is 0 Å². The van der Waals surface area contributed by atoms with Crippen molar-refractivity contribution >= 4 is 22.6 Å². The summed E-state index contributed by atoms with van der Waals surface area (Å²) >= 11 is 6.11. The first-order valence-electron chi connectivity index (χ1n) is 6.20. The molecule has 3 rings (SSSR count). The molecule has 0 aliphatic heterocycles. The molecule has 1 aromatic carbocycles. The van der Waals surface area contributed by atoms with E-state index >= 15 is 0 Å². The molecule has 0 atom stereocenters. The minimum atomic E-state index is 0.270. The number of rotatable bonds is 3. The number of halogens is 1. The van der Waals surface area contributed by atoms with Gasteiger partial charge in [0.15, 0.2) is 0 Å². The second-order valence-electron chi connectivity index (χ2n) is 4.39. The number of hydrogen-bond donors (Lipinski definition) is 0. The number of fused-ring (bicyclic) bond motifs is 1. The summed E-state index contributed by atoms with van der Waals surface area (Å²) in [5, 5.41) is 9.43. The zero-order valence-corrected chi connectivity index (χ0v) is 11.4. The van der Waals surface area contributed by atoms with Crippen LogP contribution in [0.1, 0.15) is 11.4 Å². The first-order valence-corrected chi connectivity index (χ1v) is 6.58. The molecule has 4 nitrogen and oxygen atoms in total. The molecule has 0 saturated heterocycles. The van der Waals surface area contributed by atoms with Crippen molar-refractivity contribution in [1.82, 2.24) is 14.5 Å². The fourth-order valence-corrected chi connectivity index (χ4v) is 2.39. The summed E-state index contributed by atoms with van der Waals surface area (Å²) in [5.74, 6) is 0.744. The van der Waals surface area contributed by atoms with Crippen LogP contribution in [0.25, 0.3) is 11.0 Å². The molecule has 0 bridgehead atoms. The summed E-state index contributed by atoms with van der Waals surface area (Å²) in [6.07, 6.45) is 1.93. The molecule has 0 fully saturated rings. The Morgan fingerprint density at radius 2 is 2.05 bits per heavy atom. The van der Waals surface area contributed by atoms with E-state index in [1.807, 2.05) is 41.0 Å². The van der Waals surface area contributed by atoms with Gasteiger partial charge in [0.25, 0.3) is 0 Å². The van der Waals surface area contributed by atoms with Crippen molar-refractivity contribution in [2.75, 3.05) is 0 Å². The van der Waals surface area contributed by atoms with Gasteiger partial charge in [0, 0.05) is 11.8 Å². The molecule has 0 aliphatic rings. The van der Waals surface area contributed by atoms with Crippen molar-refractivity contribution in [2.45, 2.75) is 13.0 Å². The van der Waals surface area contributed by atoms with Gasteiger partial charge in [-0.1, -0.05) is 29.8 Å². The second-order valence-corrected chi connectivity index (χ2v) is 4.75. The summed E-state index contributed by atoms with van der Waals surface area (Å²) in [6.45, 7) is 0.560. The third-order valence-electron chi connectivity index (χ3n) is 3.14. The van der Waals surface area contributed by atoms with Crippen LogP contribution in [0, 0.1) is 11.3 Å². The number of imidazole rings is 1. The number of hydrogen-bond acceptors (Lipinski definition) is 3. The Hall–Kier alpha value is -2.38. The smallest absolute Gasteiger partial charge is 0.133 e. The van der Waals surface area contributed by atoms with Gasteiger partial charge in [0.2, 0.25) is 0 Å². The predicted molar refractivity (Wildman–Crippen MR) is 77.4 cm³/mol. The number of aromatic nitrogens is 3. The lowest BCUT2D eigenvalue weighted by Crippen LogP contribution is -2.05. The summed E-state index contributed by atoms with van der Waals surface area (Å²) in [4.78, 5) is 8.59. The number of para-hydroxylation sites is 2. The minimum absolute atomic E-state index is 0.270. The van der Waals surface area contributed by atoms with Crippen LogP contribution >= 0.6 is 11.6 Å². The highest BCUT2D eigenvalue weighted by Gasteiger charge is 2.11. The molecule has 0 spiro atoms. The molecule has 20 heavy (non-hydrogen) atoms. The molecule has 2 aromatic heterocycles. The standard InChI is InChI=1S/C15H11ClN4/c16-15-11(4-3-9-18-15)10-20-13-6-2-1-5-12(13)19-14(20)7-8-17/h1-6,9H,7,10H2. The number of nitriles is 1. The summed E-state index contributed by atoms with van der Waals surface area (Å²) in [7, 11) is 0. The van der Waals surface area contributed by atoms with Crippen molar-refractivity contribution in [1.29, 1.82) is 5.26 Å². The van der Waals surface area contributed by atoms with Crippen LogP contribution < -0.4 is 0 Å². The Bertz CT molecular complexity index is 801. The van der Waals surface area contributed by atoms with Gasteiger partial charge in [-0.3, -0.25) is 0 Å². The van der Waals surface area contributed by atoms with Crippen LogP contribution in [0.5, 0.6) is 0 Å². The summed E-state index contributed by atoms with van der Waals surface area (Å²) in [5.41, 5.74) is 2.80. The lowest BCUT2D eigenvalue weighted by Gasteiger charge is -2.08. The van der Waals surface area contributed by atoms with Gasteiger partial charge in [0.1, 0.15) is 11.0 Å². The molecule has 2 heterocycles. The van der Waals surface area contributed by atoms with Crippen molar-refractivity contribution in [3.63, 3.8) is 0 Å². The number of pyridine rings is 1. The van der Waals surface area contributed by atoms with Gasteiger partial charge in [-0.15, -0.1) is 0 Å². The summed E-state index contributed by atoms with van der Waals surface area (Å²) < 4.78 is 2.02. The van der Waals surface area contributed by atoms with E-state index in [1.165, 1.54) is 0 Å². The first kappa shape index (κ1) is 12.6. The normalized spacial score (nSPS) is 10.6. The number of benzene rings is 1. The van der Waals surface area contributed by atoms with E-state index in [-0.39, 0.29) is 6.42 Å². The zero-order chi connectivity index (χ0) is 13.9. The average molecular weight is 283 g/mol. The van der Waals surface area contributed by atoms with E-state index in [1.54, 1.807) is 6.20 Å². The Kier molecular flexibility index (Phi) is 3.36. The molecule has 3 aromatic rings. The van der Waals surface area contributed by atoms with Crippen LogP contribution in [0.3, 0.4) is 0 Å². The highest BCUT2D eigenvalue weighted by molar-refractivity contribution is 6.30. The molecule has 5 heteroatoms. The number of nitrogens with zero attached hydrogens (tertiary/aromatic N) is 4. The Morgan fingerprint density at radius 1 is 1.20 bits per heavy atom. The lowest BCUT2D eigenvalue weighted by molar-refractivity contribution is 0.767. The van der Waals surface area contributed by atoms with Crippen molar-refractivity contribution in [3.05, 3.63) is 59.1 Å². The van der Waals surface area contributed by atoms with Gasteiger partial charge in [0.05, 0.1) is 30.1 Å².